The van der Waals surface area contributed by atoms with Crippen LogP contribution in [0.1, 0.15) is 11.1 Å². The van der Waals surface area contributed by atoms with Gasteiger partial charge < -0.3 is 4.90 Å². The fourth-order valence-corrected chi connectivity index (χ4v) is 2.71. The van der Waals surface area contributed by atoms with Gasteiger partial charge in [0.1, 0.15) is 5.82 Å². The van der Waals surface area contributed by atoms with Gasteiger partial charge in [0.15, 0.2) is 0 Å². The summed E-state index contributed by atoms with van der Waals surface area (Å²) in [5, 5.41) is 0.754. The standard InChI is InChI=1S/C15H12BrClN2/c1-10-8-14(18-9-12(10)16)19-7-3-5-11-4-2-6-13(17)15(11)19/h2-6,8-9H,7H2,1H3. The summed E-state index contributed by atoms with van der Waals surface area (Å²) < 4.78 is 1.02. The average Bonchev–Trinajstić information content (AvgIpc) is 2.42. The highest BCUT2D eigenvalue weighted by Gasteiger charge is 2.19. The van der Waals surface area contributed by atoms with Gasteiger partial charge in [0.05, 0.1) is 10.7 Å². The fourth-order valence-electron chi connectivity index (χ4n) is 2.21. The van der Waals surface area contributed by atoms with Gasteiger partial charge in [-0.1, -0.05) is 35.9 Å². The van der Waals surface area contributed by atoms with Crippen LogP contribution in [0.2, 0.25) is 5.02 Å². The van der Waals surface area contributed by atoms with Crippen LogP contribution in [-0.2, 0) is 0 Å². The minimum Gasteiger partial charge on any atom is -0.321 e. The molecule has 4 heteroatoms. The van der Waals surface area contributed by atoms with Crippen molar-refractivity contribution in [3.63, 3.8) is 0 Å². The molecule has 2 nitrogen and oxygen atoms in total. The van der Waals surface area contributed by atoms with Crippen molar-refractivity contribution >= 4 is 45.1 Å². The molecule has 0 saturated carbocycles. The highest BCUT2D eigenvalue weighted by atomic mass is 79.9. The van der Waals surface area contributed by atoms with Gasteiger partial charge in [-0.05, 0) is 46.1 Å². The van der Waals surface area contributed by atoms with Gasteiger partial charge in [-0.2, -0.15) is 0 Å². The number of para-hydroxylation sites is 1. The van der Waals surface area contributed by atoms with Gasteiger partial charge in [0, 0.05) is 17.2 Å². The molecule has 0 radical (unpaired) electrons. The summed E-state index contributed by atoms with van der Waals surface area (Å²) in [5.41, 5.74) is 3.31. The number of hydrogen-bond acceptors (Lipinski definition) is 2. The Morgan fingerprint density at radius 3 is 3.00 bits per heavy atom. The summed E-state index contributed by atoms with van der Waals surface area (Å²) in [4.78, 5) is 6.63. The summed E-state index contributed by atoms with van der Waals surface area (Å²) in [6, 6.07) is 8.01. The zero-order chi connectivity index (χ0) is 13.4. The number of benzene rings is 1. The predicted octanol–water partition coefficient (Wildman–Crippen LogP) is 4.97. The lowest BCUT2D eigenvalue weighted by molar-refractivity contribution is 1.03. The van der Waals surface area contributed by atoms with E-state index in [9.17, 15) is 0 Å². The van der Waals surface area contributed by atoms with Crippen molar-refractivity contribution in [2.75, 3.05) is 11.4 Å². The second-order valence-corrected chi connectivity index (χ2v) is 5.74. The maximum atomic E-state index is 6.35. The zero-order valence-electron chi connectivity index (χ0n) is 10.4. The van der Waals surface area contributed by atoms with Gasteiger partial charge in [-0.15, -0.1) is 0 Å². The van der Waals surface area contributed by atoms with Crippen molar-refractivity contribution in [3.05, 3.63) is 57.2 Å². The van der Waals surface area contributed by atoms with E-state index in [0.717, 1.165) is 38.7 Å². The number of anilines is 2. The first-order valence-corrected chi connectivity index (χ1v) is 7.18. The molecule has 0 N–H and O–H groups in total. The molecule has 2 heterocycles. The molecular weight excluding hydrogens is 324 g/mol. The topological polar surface area (TPSA) is 16.1 Å². The van der Waals surface area contributed by atoms with Gasteiger partial charge in [-0.25, -0.2) is 4.98 Å². The number of nitrogens with zero attached hydrogens (tertiary/aromatic N) is 2. The Hall–Kier alpha value is -1.32. The van der Waals surface area contributed by atoms with Crippen LogP contribution in [0.3, 0.4) is 0 Å². The minimum atomic E-state index is 0.754. The quantitative estimate of drug-likeness (QED) is 0.731. The van der Waals surface area contributed by atoms with Crippen LogP contribution >= 0.6 is 27.5 Å². The molecule has 1 aliphatic rings. The molecule has 0 atom stereocenters. The SMILES string of the molecule is Cc1cc(N2CC=Cc3cccc(Cl)c32)ncc1Br. The lowest BCUT2D eigenvalue weighted by Gasteiger charge is -2.28. The van der Waals surface area contributed by atoms with Crippen LogP contribution in [0.5, 0.6) is 0 Å². The zero-order valence-corrected chi connectivity index (χ0v) is 12.7. The van der Waals surface area contributed by atoms with Crippen LogP contribution in [0.25, 0.3) is 6.08 Å². The first-order valence-electron chi connectivity index (χ1n) is 6.01. The summed E-state index contributed by atoms with van der Waals surface area (Å²) >= 11 is 9.82. The first-order chi connectivity index (χ1) is 9.16. The fraction of sp³-hybridized carbons (Fsp3) is 0.133. The number of fused-ring (bicyclic) bond motifs is 1. The molecule has 0 fully saturated rings. The Kier molecular flexibility index (Phi) is 3.33. The van der Waals surface area contributed by atoms with Crippen LogP contribution in [-0.4, -0.2) is 11.5 Å². The molecule has 0 aliphatic carbocycles. The molecule has 1 aromatic heterocycles. The van der Waals surface area contributed by atoms with Crippen molar-refractivity contribution in [2.45, 2.75) is 6.92 Å². The second kappa shape index (κ2) is 4.99. The Morgan fingerprint density at radius 2 is 2.21 bits per heavy atom. The molecule has 0 bridgehead atoms. The largest absolute Gasteiger partial charge is 0.321 e. The molecular formula is C15H12BrClN2. The van der Waals surface area contributed by atoms with Crippen molar-refractivity contribution in [3.8, 4) is 0 Å². The Labute approximate surface area is 125 Å². The van der Waals surface area contributed by atoms with E-state index in [-0.39, 0.29) is 0 Å². The van der Waals surface area contributed by atoms with Gasteiger partial charge in [-0.3, -0.25) is 0 Å². The molecule has 0 saturated heterocycles. The highest BCUT2D eigenvalue weighted by molar-refractivity contribution is 9.10. The van der Waals surface area contributed by atoms with Gasteiger partial charge >= 0.3 is 0 Å². The molecule has 0 spiro atoms. The summed E-state index contributed by atoms with van der Waals surface area (Å²) in [6.45, 7) is 2.84. The van der Waals surface area contributed by atoms with E-state index in [2.05, 4.69) is 57.0 Å². The maximum Gasteiger partial charge on any atom is 0.133 e. The van der Waals surface area contributed by atoms with E-state index in [1.807, 2.05) is 18.3 Å². The van der Waals surface area contributed by atoms with Crippen molar-refractivity contribution in [2.24, 2.45) is 0 Å². The monoisotopic (exact) mass is 334 g/mol. The highest BCUT2D eigenvalue weighted by Crippen LogP contribution is 2.37. The van der Waals surface area contributed by atoms with Crippen molar-refractivity contribution in [1.29, 1.82) is 0 Å². The number of rotatable bonds is 1. The molecule has 0 amide bonds. The molecule has 1 aromatic carbocycles. The number of aryl methyl sites for hydroxylation is 1. The van der Waals surface area contributed by atoms with Crippen LogP contribution in [0, 0.1) is 6.92 Å². The molecule has 1 aliphatic heterocycles. The number of hydrogen-bond donors (Lipinski definition) is 0. The van der Waals surface area contributed by atoms with Crippen LogP contribution in [0.15, 0.2) is 41.0 Å². The maximum absolute atomic E-state index is 6.35. The lowest BCUT2D eigenvalue weighted by atomic mass is 10.1. The Morgan fingerprint density at radius 1 is 1.37 bits per heavy atom. The number of aromatic nitrogens is 1. The number of halogens is 2. The third-order valence-electron chi connectivity index (χ3n) is 3.18. The van der Waals surface area contributed by atoms with Crippen molar-refractivity contribution in [1.82, 2.24) is 4.98 Å². The molecule has 19 heavy (non-hydrogen) atoms. The predicted molar refractivity (Wildman–Crippen MR) is 84.2 cm³/mol. The molecule has 3 rings (SSSR count). The first kappa shape index (κ1) is 12.7. The van der Waals surface area contributed by atoms with Crippen LogP contribution < -0.4 is 4.90 Å². The third-order valence-corrected chi connectivity index (χ3v) is 4.32. The molecule has 0 unspecified atom stereocenters. The minimum absolute atomic E-state index is 0.754. The second-order valence-electron chi connectivity index (χ2n) is 4.48. The van der Waals surface area contributed by atoms with Gasteiger partial charge in [0.25, 0.3) is 0 Å². The van der Waals surface area contributed by atoms with Gasteiger partial charge in [0.2, 0.25) is 0 Å². The normalized spacial score (nSPS) is 13.5. The summed E-state index contributed by atoms with van der Waals surface area (Å²) in [6.07, 6.45) is 6.06. The lowest BCUT2D eigenvalue weighted by Crippen LogP contribution is -2.21. The van der Waals surface area contributed by atoms with Crippen LogP contribution in [0.4, 0.5) is 11.5 Å². The Balaban J connectivity index is 2.13. The van der Waals surface area contributed by atoms with E-state index in [1.54, 1.807) is 0 Å². The van der Waals surface area contributed by atoms with E-state index >= 15 is 0 Å². The smallest absolute Gasteiger partial charge is 0.133 e. The summed E-state index contributed by atoms with van der Waals surface area (Å²) in [7, 11) is 0. The number of pyridine rings is 1. The van der Waals surface area contributed by atoms with E-state index in [1.165, 1.54) is 0 Å². The van der Waals surface area contributed by atoms with E-state index < -0.39 is 0 Å². The van der Waals surface area contributed by atoms with E-state index in [0.29, 0.717) is 0 Å². The third kappa shape index (κ3) is 2.28. The Bertz CT molecular complexity index is 667. The molecule has 96 valence electrons. The van der Waals surface area contributed by atoms with E-state index in [4.69, 9.17) is 11.6 Å². The average molecular weight is 336 g/mol. The molecule has 2 aromatic rings. The van der Waals surface area contributed by atoms with Crippen molar-refractivity contribution < 1.29 is 0 Å². The summed E-state index contributed by atoms with van der Waals surface area (Å²) in [5.74, 6) is 0.916.